The molecule has 3 heteroatoms. The van der Waals surface area contributed by atoms with Gasteiger partial charge in [-0.3, -0.25) is 0 Å². The highest BCUT2D eigenvalue weighted by molar-refractivity contribution is 6.17. The van der Waals surface area contributed by atoms with Crippen molar-refractivity contribution in [1.82, 2.24) is 0 Å². The molecule has 0 amide bonds. The number of rotatable bonds is 3. The summed E-state index contributed by atoms with van der Waals surface area (Å²) in [6.45, 7) is 1.40. The van der Waals surface area contributed by atoms with Gasteiger partial charge in [-0.2, -0.15) is 0 Å². The SMILES string of the molecule is CC(F)/C(N)=C\CCCl. The van der Waals surface area contributed by atoms with Crippen LogP contribution in [0.2, 0.25) is 0 Å². The fourth-order valence-electron chi connectivity index (χ4n) is 0.384. The highest BCUT2D eigenvalue weighted by Crippen LogP contribution is 2.00. The predicted octanol–water partition coefficient (Wildman–Crippen LogP) is 1.82. The number of nitrogens with two attached hydrogens (primary N) is 1. The van der Waals surface area contributed by atoms with Crippen LogP contribution in [0.5, 0.6) is 0 Å². The Morgan fingerprint density at radius 1 is 1.89 bits per heavy atom. The Bertz CT molecular complexity index is 101. The minimum Gasteiger partial charge on any atom is -0.400 e. The first-order chi connectivity index (χ1) is 4.18. The van der Waals surface area contributed by atoms with E-state index in [-0.39, 0.29) is 5.70 Å². The molecular formula is C6H11ClFN. The standard InChI is InChI=1S/C6H11ClFN/c1-5(8)6(9)3-2-4-7/h3,5H,2,4,9H2,1H3/b6-3+. The monoisotopic (exact) mass is 151 g/mol. The van der Waals surface area contributed by atoms with Crippen molar-refractivity contribution >= 4 is 11.6 Å². The average molecular weight is 152 g/mol. The van der Waals surface area contributed by atoms with E-state index < -0.39 is 6.17 Å². The van der Waals surface area contributed by atoms with Crippen molar-refractivity contribution in [2.24, 2.45) is 5.73 Å². The summed E-state index contributed by atoms with van der Waals surface area (Å²) >= 11 is 5.33. The Hall–Kier alpha value is -0.240. The molecule has 0 aliphatic heterocycles. The summed E-state index contributed by atoms with van der Waals surface area (Å²) in [6, 6.07) is 0. The molecule has 0 saturated carbocycles. The van der Waals surface area contributed by atoms with Crippen LogP contribution in [0.25, 0.3) is 0 Å². The molecule has 0 rings (SSSR count). The van der Waals surface area contributed by atoms with Gasteiger partial charge in [-0.1, -0.05) is 6.08 Å². The lowest BCUT2D eigenvalue weighted by atomic mass is 10.3. The molecule has 0 aliphatic rings. The van der Waals surface area contributed by atoms with Gasteiger partial charge in [-0.05, 0) is 13.3 Å². The van der Waals surface area contributed by atoms with Gasteiger partial charge in [-0.25, -0.2) is 4.39 Å². The van der Waals surface area contributed by atoms with Gasteiger partial charge in [0.25, 0.3) is 0 Å². The molecule has 9 heavy (non-hydrogen) atoms. The van der Waals surface area contributed by atoms with E-state index in [4.69, 9.17) is 17.3 Å². The molecule has 0 aromatic rings. The van der Waals surface area contributed by atoms with Gasteiger partial charge in [0.05, 0.1) is 0 Å². The number of hydrogen-bond donors (Lipinski definition) is 1. The molecule has 54 valence electrons. The maximum atomic E-state index is 12.2. The van der Waals surface area contributed by atoms with E-state index in [0.29, 0.717) is 12.3 Å². The predicted molar refractivity (Wildman–Crippen MR) is 38.2 cm³/mol. The molecule has 1 nitrogen and oxygen atoms in total. The van der Waals surface area contributed by atoms with Crippen molar-refractivity contribution in [1.29, 1.82) is 0 Å². The van der Waals surface area contributed by atoms with E-state index >= 15 is 0 Å². The van der Waals surface area contributed by atoms with Gasteiger partial charge in [0.15, 0.2) is 0 Å². The Kier molecular flexibility index (Phi) is 4.50. The lowest BCUT2D eigenvalue weighted by Crippen LogP contribution is -2.08. The maximum Gasteiger partial charge on any atom is 0.136 e. The molecule has 0 radical (unpaired) electrons. The van der Waals surface area contributed by atoms with Crippen molar-refractivity contribution < 1.29 is 4.39 Å². The maximum absolute atomic E-state index is 12.2. The fourth-order valence-corrected chi connectivity index (χ4v) is 0.493. The number of hydrogen-bond acceptors (Lipinski definition) is 1. The van der Waals surface area contributed by atoms with E-state index in [9.17, 15) is 4.39 Å². The Labute approximate surface area is 59.7 Å². The van der Waals surface area contributed by atoms with Gasteiger partial charge >= 0.3 is 0 Å². The molecule has 1 unspecified atom stereocenters. The summed E-state index contributed by atoms with van der Waals surface area (Å²) in [6.07, 6.45) is 1.20. The van der Waals surface area contributed by atoms with Crippen LogP contribution in [0.1, 0.15) is 13.3 Å². The molecule has 0 aliphatic carbocycles. The van der Waals surface area contributed by atoms with Crippen molar-refractivity contribution in [3.63, 3.8) is 0 Å². The van der Waals surface area contributed by atoms with E-state index in [1.54, 1.807) is 6.08 Å². The van der Waals surface area contributed by atoms with Crippen LogP contribution in [0.4, 0.5) is 4.39 Å². The zero-order valence-electron chi connectivity index (χ0n) is 5.40. The second-order valence-electron chi connectivity index (χ2n) is 1.80. The topological polar surface area (TPSA) is 26.0 Å². The summed E-state index contributed by atoms with van der Waals surface area (Å²) in [5.74, 6) is 0.493. The van der Waals surface area contributed by atoms with E-state index in [0.717, 1.165) is 0 Å². The van der Waals surface area contributed by atoms with Crippen LogP contribution < -0.4 is 5.73 Å². The van der Waals surface area contributed by atoms with Crippen LogP contribution in [0.3, 0.4) is 0 Å². The van der Waals surface area contributed by atoms with Crippen molar-refractivity contribution in [2.45, 2.75) is 19.5 Å². The first-order valence-corrected chi connectivity index (χ1v) is 3.37. The Morgan fingerprint density at radius 3 is 2.78 bits per heavy atom. The zero-order valence-corrected chi connectivity index (χ0v) is 6.16. The molecule has 0 spiro atoms. The van der Waals surface area contributed by atoms with Gasteiger partial charge < -0.3 is 5.73 Å². The molecule has 2 N–H and O–H groups in total. The van der Waals surface area contributed by atoms with Crippen LogP contribution in [0.15, 0.2) is 11.8 Å². The summed E-state index contributed by atoms with van der Waals surface area (Å²) in [5.41, 5.74) is 5.50. The van der Waals surface area contributed by atoms with Gasteiger partial charge in [0.1, 0.15) is 6.17 Å². The van der Waals surface area contributed by atoms with E-state index in [1.807, 2.05) is 0 Å². The summed E-state index contributed by atoms with van der Waals surface area (Å²) in [4.78, 5) is 0. The van der Waals surface area contributed by atoms with E-state index in [1.165, 1.54) is 6.92 Å². The molecule has 0 aromatic carbocycles. The minimum atomic E-state index is -1.05. The van der Waals surface area contributed by atoms with E-state index in [2.05, 4.69) is 0 Å². The third-order valence-corrected chi connectivity index (χ3v) is 1.17. The lowest BCUT2D eigenvalue weighted by Gasteiger charge is -1.99. The van der Waals surface area contributed by atoms with Gasteiger partial charge in [-0.15, -0.1) is 11.6 Å². The zero-order chi connectivity index (χ0) is 7.28. The third-order valence-electron chi connectivity index (χ3n) is 0.948. The summed E-state index contributed by atoms with van der Waals surface area (Å²) < 4.78 is 12.2. The van der Waals surface area contributed by atoms with Crippen molar-refractivity contribution in [2.75, 3.05) is 5.88 Å². The molecule has 0 heterocycles. The molecule has 0 fully saturated rings. The number of halogens is 2. The highest BCUT2D eigenvalue weighted by atomic mass is 35.5. The van der Waals surface area contributed by atoms with Gasteiger partial charge in [0.2, 0.25) is 0 Å². The first-order valence-electron chi connectivity index (χ1n) is 2.84. The normalized spacial score (nSPS) is 15.7. The number of alkyl halides is 2. The van der Waals surface area contributed by atoms with Crippen LogP contribution in [-0.4, -0.2) is 12.1 Å². The van der Waals surface area contributed by atoms with Gasteiger partial charge in [0, 0.05) is 11.6 Å². The summed E-state index contributed by atoms with van der Waals surface area (Å²) in [5, 5.41) is 0. The van der Waals surface area contributed by atoms with Crippen molar-refractivity contribution in [3.8, 4) is 0 Å². The smallest absolute Gasteiger partial charge is 0.136 e. The minimum absolute atomic E-state index is 0.274. The fraction of sp³-hybridized carbons (Fsp3) is 0.667. The number of allylic oxidation sites excluding steroid dienone is 2. The molecule has 1 atom stereocenters. The van der Waals surface area contributed by atoms with Crippen LogP contribution in [-0.2, 0) is 0 Å². The molecular weight excluding hydrogens is 141 g/mol. The highest BCUT2D eigenvalue weighted by Gasteiger charge is 1.98. The van der Waals surface area contributed by atoms with Crippen molar-refractivity contribution in [3.05, 3.63) is 11.8 Å². The van der Waals surface area contributed by atoms with Crippen LogP contribution in [0, 0.1) is 0 Å². The first kappa shape index (κ1) is 8.76. The third kappa shape index (κ3) is 4.28. The lowest BCUT2D eigenvalue weighted by molar-refractivity contribution is 0.407. The molecule has 0 saturated heterocycles. The largest absolute Gasteiger partial charge is 0.400 e. The summed E-state index contributed by atoms with van der Waals surface area (Å²) in [7, 11) is 0. The second kappa shape index (κ2) is 4.62. The van der Waals surface area contributed by atoms with Crippen LogP contribution >= 0.6 is 11.6 Å². The molecule has 0 aromatic heterocycles. The quantitative estimate of drug-likeness (QED) is 0.612. The Morgan fingerprint density at radius 2 is 2.44 bits per heavy atom. The Balaban J connectivity index is 3.55. The average Bonchev–Trinajstić information content (AvgIpc) is 1.82. The molecule has 0 bridgehead atoms. The second-order valence-corrected chi connectivity index (χ2v) is 2.18.